The zero-order valence-electron chi connectivity index (χ0n) is 8.65. The maximum atomic E-state index is 5.78. The Kier molecular flexibility index (Phi) is 3.41. The van der Waals surface area contributed by atoms with Gasteiger partial charge >= 0.3 is 0 Å². The van der Waals surface area contributed by atoms with Crippen LogP contribution in [0.1, 0.15) is 5.56 Å². The quantitative estimate of drug-likeness (QED) is 0.907. The summed E-state index contributed by atoms with van der Waals surface area (Å²) in [6.45, 7) is 0.709. The summed E-state index contributed by atoms with van der Waals surface area (Å²) in [6.07, 6.45) is 1.72. The van der Waals surface area contributed by atoms with Crippen molar-refractivity contribution in [2.24, 2.45) is 0 Å². The van der Waals surface area contributed by atoms with Crippen LogP contribution < -0.4 is 11.1 Å². The summed E-state index contributed by atoms with van der Waals surface area (Å²) in [7, 11) is 0. The van der Waals surface area contributed by atoms with Gasteiger partial charge in [-0.15, -0.1) is 0 Å². The van der Waals surface area contributed by atoms with Gasteiger partial charge in [-0.3, -0.25) is 0 Å². The molecule has 16 heavy (non-hydrogen) atoms. The van der Waals surface area contributed by atoms with E-state index in [1.807, 2.05) is 24.3 Å². The lowest BCUT2D eigenvalue weighted by Crippen LogP contribution is -2.04. The number of hydrogen-bond donors (Lipinski definition) is 2. The number of pyridine rings is 1. The van der Waals surface area contributed by atoms with Crippen molar-refractivity contribution >= 4 is 27.4 Å². The van der Waals surface area contributed by atoms with Gasteiger partial charge in [0, 0.05) is 17.2 Å². The van der Waals surface area contributed by atoms with Crippen LogP contribution in [0.5, 0.6) is 0 Å². The average Bonchev–Trinajstić information content (AvgIpc) is 2.28. The second-order valence-electron chi connectivity index (χ2n) is 3.42. The van der Waals surface area contributed by atoms with Crippen molar-refractivity contribution in [3.05, 3.63) is 52.6 Å². The van der Waals surface area contributed by atoms with Gasteiger partial charge in [0.1, 0.15) is 5.82 Å². The highest BCUT2D eigenvalue weighted by Gasteiger charge is 1.99. The standard InChI is InChI=1S/C12H12BrN3/c13-10-4-1-3-9(7-10)8-16-12-11(14)5-2-6-15-12/h1-7H,8,14H2,(H,15,16). The fourth-order valence-corrected chi connectivity index (χ4v) is 1.84. The lowest BCUT2D eigenvalue weighted by Gasteiger charge is -2.07. The van der Waals surface area contributed by atoms with Crippen molar-refractivity contribution in [2.75, 3.05) is 11.1 Å². The number of halogens is 1. The van der Waals surface area contributed by atoms with Gasteiger partial charge in [0.05, 0.1) is 5.69 Å². The van der Waals surface area contributed by atoms with E-state index in [0.717, 1.165) is 10.3 Å². The van der Waals surface area contributed by atoms with Crippen LogP contribution in [0.2, 0.25) is 0 Å². The first-order valence-electron chi connectivity index (χ1n) is 4.94. The van der Waals surface area contributed by atoms with E-state index in [1.54, 1.807) is 6.20 Å². The molecule has 0 amide bonds. The molecule has 0 saturated heterocycles. The zero-order valence-corrected chi connectivity index (χ0v) is 10.2. The van der Waals surface area contributed by atoms with Gasteiger partial charge in [-0.05, 0) is 29.8 Å². The minimum absolute atomic E-state index is 0.664. The zero-order chi connectivity index (χ0) is 11.4. The van der Waals surface area contributed by atoms with E-state index in [4.69, 9.17) is 5.73 Å². The van der Waals surface area contributed by atoms with Gasteiger partial charge in [0.15, 0.2) is 0 Å². The lowest BCUT2D eigenvalue weighted by molar-refractivity contribution is 1.11. The third-order valence-corrected chi connectivity index (χ3v) is 2.68. The average molecular weight is 278 g/mol. The Hall–Kier alpha value is -1.55. The van der Waals surface area contributed by atoms with Gasteiger partial charge in [0.25, 0.3) is 0 Å². The highest BCUT2D eigenvalue weighted by atomic mass is 79.9. The van der Waals surface area contributed by atoms with E-state index in [0.29, 0.717) is 12.2 Å². The summed E-state index contributed by atoms with van der Waals surface area (Å²) < 4.78 is 1.07. The predicted octanol–water partition coefficient (Wildman–Crippen LogP) is 3.04. The normalized spacial score (nSPS) is 10.1. The summed E-state index contributed by atoms with van der Waals surface area (Å²) in [5.41, 5.74) is 7.62. The number of nitrogens with two attached hydrogens (primary N) is 1. The van der Waals surface area contributed by atoms with Gasteiger partial charge < -0.3 is 11.1 Å². The van der Waals surface area contributed by atoms with Gasteiger partial charge in [-0.1, -0.05) is 28.1 Å². The predicted molar refractivity (Wildman–Crippen MR) is 70.1 cm³/mol. The maximum absolute atomic E-state index is 5.78. The third-order valence-electron chi connectivity index (χ3n) is 2.19. The highest BCUT2D eigenvalue weighted by Crippen LogP contribution is 2.16. The number of nitrogen functional groups attached to an aromatic ring is 1. The van der Waals surface area contributed by atoms with E-state index in [2.05, 4.69) is 38.4 Å². The Morgan fingerprint density at radius 3 is 2.88 bits per heavy atom. The fourth-order valence-electron chi connectivity index (χ4n) is 1.40. The van der Waals surface area contributed by atoms with Crippen molar-refractivity contribution in [1.29, 1.82) is 0 Å². The largest absolute Gasteiger partial charge is 0.396 e. The van der Waals surface area contributed by atoms with E-state index in [9.17, 15) is 0 Å². The van der Waals surface area contributed by atoms with Gasteiger partial charge in [0.2, 0.25) is 0 Å². The van der Waals surface area contributed by atoms with Crippen molar-refractivity contribution in [1.82, 2.24) is 4.98 Å². The van der Waals surface area contributed by atoms with Crippen LogP contribution >= 0.6 is 15.9 Å². The van der Waals surface area contributed by atoms with E-state index in [-0.39, 0.29) is 0 Å². The van der Waals surface area contributed by atoms with Crippen LogP contribution in [0.15, 0.2) is 47.1 Å². The molecule has 4 heteroatoms. The number of nitrogens with zero attached hydrogens (tertiary/aromatic N) is 1. The SMILES string of the molecule is Nc1cccnc1NCc1cccc(Br)c1. The van der Waals surface area contributed by atoms with Crippen molar-refractivity contribution in [3.8, 4) is 0 Å². The molecule has 0 bridgehead atoms. The number of anilines is 2. The molecular weight excluding hydrogens is 266 g/mol. The summed E-state index contributed by atoms with van der Waals surface area (Å²) in [6, 6.07) is 11.8. The van der Waals surface area contributed by atoms with Gasteiger partial charge in [-0.2, -0.15) is 0 Å². The lowest BCUT2D eigenvalue weighted by atomic mass is 10.2. The molecule has 0 unspecified atom stereocenters. The topological polar surface area (TPSA) is 50.9 Å². The molecule has 0 radical (unpaired) electrons. The van der Waals surface area contributed by atoms with Crippen LogP contribution in [-0.2, 0) is 6.54 Å². The number of benzene rings is 1. The molecule has 1 aromatic carbocycles. The number of rotatable bonds is 3. The molecule has 0 saturated carbocycles. The Morgan fingerprint density at radius 1 is 1.25 bits per heavy atom. The fraction of sp³-hybridized carbons (Fsp3) is 0.0833. The van der Waals surface area contributed by atoms with E-state index < -0.39 is 0 Å². The molecule has 3 N–H and O–H groups in total. The molecular formula is C12H12BrN3. The first-order valence-corrected chi connectivity index (χ1v) is 5.74. The molecule has 82 valence electrons. The van der Waals surface area contributed by atoms with Gasteiger partial charge in [-0.25, -0.2) is 4.98 Å². The van der Waals surface area contributed by atoms with Crippen molar-refractivity contribution in [2.45, 2.75) is 6.54 Å². The Labute approximate surface area is 103 Å². The number of nitrogens with one attached hydrogen (secondary N) is 1. The second kappa shape index (κ2) is 4.99. The number of hydrogen-bond acceptors (Lipinski definition) is 3. The molecule has 1 heterocycles. The third kappa shape index (κ3) is 2.73. The van der Waals surface area contributed by atoms with Crippen LogP contribution in [0.4, 0.5) is 11.5 Å². The monoisotopic (exact) mass is 277 g/mol. The van der Waals surface area contributed by atoms with E-state index in [1.165, 1.54) is 5.56 Å². The van der Waals surface area contributed by atoms with Crippen LogP contribution in [0.3, 0.4) is 0 Å². The smallest absolute Gasteiger partial charge is 0.149 e. The summed E-state index contributed by atoms with van der Waals surface area (Å²) in [5, 5.41) is 3.20. The molecule has 0 aliphatic heterocycles. The molecule has 0 fully saturated rings. The first-order chi connectivity index (χ1) is 7.75. The molecule has 1 aromatic heterocycles. The molecule has 0 aliphatic rings. The second-order valence-corrected chi connectivity index (χ2v) is 4.34. The number of aromatic nitrogens is 1. The molecule has 2 rings (SSSR count). The maximum Gasteiger partial charge on any atom is 0.149 e. The first kappa shape index (κ1) is 11.0. The molecule has 3 nitrogen and oxygen atoms in total. The van der Waals surface area contributed by atoms with Crippen LogP contribution in [0.25, 0.3) is 0 Å². The molecule has 0 aliphatic carbocycles. The highest BCUT2D eigenvalue weighted by molar-refractivity contribution is 9.10. The summed E-state index contributed by atoms with van der Waals surface area (Å²) >= 11 is 3.43. The van der Waals surface area contributed by atoms with Crippen LogP contribution in [-0.4, -0.2) is 4.98 Å². The minimum Gasteiger partial charge on any atom is -0.396 e. The molecule has 2 aromatic rings. The van der Waals surface area contributed by atoms with Crippen molar-refractivity contribution in [3.63, 3.8) is 0 Å². The Balaban J connectivity index is 2.05. The van der Waals surface area contributed by atoms with Crippen molar-refractivity contribution < 1.29 is 0 Å². The summed E-state index contributed by atoms with van der Waals surface area (Å²) in [5.74, 6) is 0.725. The molecule has 0 atom stereocenters. The summed E-state index contributed by atoms with van der Waals surface area (Å²) in [4.78, 5) is 4.17. The van der Waals surface area contributed by atoms with Crippen LogP contribution in [0, 0.1) is 0 Å². The minimum atomic E-state index is 0.664. The Morgan fingerprint density at radius 2 is 2.12 bits per heavy atom. The van der Waals surface area contributed by atoms with E-state index >= 15 is 0 Å². The molecule has 0 spiro atoms. The Bertz CT molecular complexity index is 485.